The molecular weight excluding hydrogens is 354 g/mol. The van der Waals surface area contributed by atoms with Gasteiger partial charge in [-0.25, -0.2) is 4.98 Å². The lowest BCUT2D eigenvalue weighted by Gasteiger charge is -2.07. The van der Waals surface area contributed by atoms with E-state index in [9.17, 15) is 0 Å². The Morgan fingerprint density at radius 1 is 1.08 bits per heavy atom. The summed E-state index contributed by atoms with van der Waals surface area (Å²) >= 11 is 2.91. The van der Waals surface area contributed by atoms with Crippen LogP contribution in [0.25, 0.3) is 17.3 Å². The van der Waals surface area contributed by atoms with Crippen molar-refractivity contribution in [3.63, 3.8) is 0 Å². The number of benzene rings is 1. The molecule has 124 valence electrons. The number of aromatic nitrogens is 5. The van der Waals surface area contributed by atoms with Crippen LogP contribution in [0.1, 0.15) is 24.6 Å². The number of para-hydroxylation sites is 1. The summed E-state index contributed by atoms with van der Waals surface area (Å²) in [7, 11) is 0. The van der Waals surface area contributed by atoms with Crippen molar-refractivity contribution in [2.75, 3.05) is 0 Å². The number of rotatable bonds is 5. The number of hydrogen-bond donors (Lipinski definition) is 0. The SMILES string of the molecule is c1ccc(-n2c(Sc3nc(C4CC4)ns3)nnc2-c2ccco2)cc1. The fraction of sp³-hybridized carbons (Fsp3) is 0.176. The van der Waals surface area contributed by atoms with Crippen LogP contribution in [0.2, 0.25) is 0 Å². The second kappa shape index (κ2) is 6.12. The molecule has 0 N–H and O–H groups in total. The Labute approximate surface area is 152 Å². The van der Waals surface area contributed by atoms with Gasteiger partial charge in [-0.2, -0.15) is 4.37 Å². The molecule has 1 fully saturated rings. The van der Waals surface area contributed by atoms with Crippen LogP contribution < -0.4 is 0 Å². The van der Waals surface area contributed by atoms with Crippen LogP contribution in [0.3, 0.4) is 0 Å². The van der Waals surface area contributed by atoms with E-state index in [1.807, 2.05) is 47.0 Å². The van der Waals surface area contributed by atoms with E-state index in [2.05, 4.69) is 19.6 Å². The molecule has 0 unspecified atom stereocenters. The lowest BCUT2D eigenvalue weighted by molar-refractivity contribution is 0.575. The van der Waals surface area contributed by atoms with E-state index in [1.165, 1.54) is 36.1 Å². The highest BCUT2D eigenvalue weighted by Gasteiger charge is 2.28. The van der Waals surface area contributed by atoms with E-state index < -0.39 is 0 Å². The third-order valence-electron chi connectivity index (χ3n) is 3.93. The molecule has 0 bridgehead atoms. The van der Waals surface area contributed by atoms with Crippen LogP contribution >= 0.6 is 23.3 Å². The Balaban J connectivity index is 1.56. The van der Waals surface area contributed by atoms with Gasteiger partial charge in [0.25, 0.3) is 0 Å². The van der Waals surface area contributed by atoms with Gasteiger partial charge in [0.05, 0.1) is 6.26 Å². The monoisotopic (exact) mass is 367 g/mol. The normalized spacial score (nSPS) is 14.1. The Morgan fingerprint density at radius 2 is 1.96 bits per heavy atom. The summed E-state index contributed by atoms with van der Waals surface area (Å²) in [6, 6.07) is 13.7. The van der Waals surface area contributed by atoms with E-state index in [1.54, 1.807) is 6.26 Å². The van der Waals surface area contributed by atoms with Crippen LogP contribution in [-0.2, 0) is 0 Å². The molecule has 0 radical (unpaired) electrons. The third-order valence-corrected chi connectivity index (χ3v) is 5.65. The molecule has 8 heteroatoms. The van der Waals surface area contributed by atoms with Gasteiger partial charge in [-0.15, -0.1) is 10.2 Å². The summed E-state index contributed by atoms with van der Waals surface area (Å²) in [6.07, 6.45) is 4.03. The average molecular weight is 367 g/mol. The van der Waals surface area contributed by atoms with Gasteiger partial charge in [-0.05, 0) is 60.4 Å². The summed E-state index contributed by atoms with van der Waals surface area (Å²) in [4.78, 5) is 4.64. The molecule has 0 aliphatic heterocycles. The van der Waals surface area contributed by atoms with Crippen LogP contribution in [0.5, 0.6) is 0 Å². The van der Waals surface area contributed by atoms with Gasteiger partial charge in [-0.1, -0.05) is 18.2 Å². The number of nitrogens with zero attached hydrogens (tertiary/aromatic N) is 5. The maximum absolute atomic E-state index is 5.53. The van der Waals surface area contributed by atoms with Crippen molar-refractivity contribution < 1.29 is 4.42 Å². The fourth-order valence-corrected chi connectivity index (χ4v) is 4.20. The molecule has 0 atom stereocenters. The van der Waals surface area contributed by atoms with E-state index in [0.29, 0.717) is 17.5 Å². The van der Waals surface area contributed by atoms with Gasteiger partial charge < -0.3 is 4.42 Å². The maximum atomic E-state index is 5.53. The summed E-state index contributed by atoms with van der Waals surface area (Å²) in [6.45, 7) is 0. The van der Waals surface area contributed by atoms with Gasteiger partial charge in [-0.3, -0.25) is 4.57 Å². The molecule has 0 amide bonds. The van der Waals surface area contributed by atoms with E-state index in [-0.39, 0.29) is 0 Å². The predicted octanol–water partition coefficient (Wildman–Crippen LogP) is 4.41. The van der Waals surface area contributed by atoms with Crippen LogP contribution in [0, 0.1) is 0 Å². The van der Waals surface area contributed by atoms with Gasteiger partial charge in [0.2, 0.25) is 11.0 Å². The lowest BCUT2D eigenvalue weighted by Crippen LogP contribution is -1.98. The Hall–Kier alpha value is -2.45. The number of hydrogen-bond acceptors (Lipinski definition) is 7. The maximum Gasteiger partial charge on any atom is 0.205 e. The molecule has 3 aromatic heterocycles. The minimum atomic E-state index is 0.552. The molecule has 5 rings (SSSR count). The average Bonchev–Trinajstić information content (AvgIpc) is 3.05. The van der Waals surface area contributed by atoms with E-state index in [4.69, 9.17) is 4.42 Å². The van der Waals surface area contributed by atoms with Crippen molar-refractivity contribution in [1.82, 2.24) is 24.1 Å². The molecule has 1 aliphatic carbocycles. The predicted molar refractivity (Wildman–Crippen MR) is 95.1 cm³/mol. The standard InChI is InChI=1S/C17H13N5OS2/c1-2-5-12(6-3-1)22-15(13-7-4-10-23-13)19-20-16(22)24-17-18-14(21-25-17)11-8-9-11/h1-7,10-11H,8-9H2. The van der Waals surface area contributed by atoms with Crippen LogP contribution in [0.4, 0.5) is 0 Å². The Bertz CT molecular complexity index is 989. The highest BCUT2D eigenvalue weighted by atomic mass is 32.2. The minimum absolute atomic E-state index is 0.552. The third kappa shape index (κ3) is 2.87. The largest absolute Gasteiger partial charge is 0.461 e. The zero-order valence-electron chi connectivity index (χ0n) is 13.1. The molecule has 1 aliphatic rings. The Morgan fingerprint density at radius 3 is 2.72 bits per heavy atom. The number of furan rings is 1. The molecule has 0 spiro atoms. The highest BCUT2D eigenvalue weighted by Crippen LogP contribution is 2.41. The molecule has 6 nitrogen and oxygen atoms in total. The van der Waals surface area contributed by atoms with Crippen molar-refractivity contribution in [3.8, 4) is 17.3 Å². The second-order valence-corrected chi connectivity index (χ2v) is 7.72. The van der Waals surface area contributed by atoms with Crippen molar-refractivity contribution in [3.05, 3.63) is 54.6 Å². The molecule has 1 aromatic carbocycles. The Kier molecular flexibility index (Phi) is 3.64. The minimum Gasteiger partial charge on any atom is -0.461 e. The first-order chi connectivity index (χ1) is 12.4. The summed E-state index contributed by atoms with van der Waals surface area (Å²) in [5, 5.41) is 9.45. The van der Waals surface area contributed by atoms with Gasteiger partial charge >= 0.3 is 0 Å². The first kappa shape index (κ1) is 14.9. The highest BCUT2D eigenvalue weighted by molar-refractivity contribution is 8.00. The van der Waals surface area contributed by atoms with E-state index >= 15 is 0 Å². The van der Waals surface area contributed by atoms with Crippen molar-refractivity contribution >= 4 is 23.3 Å². The summed E-state index contributed by atoms with van der Waals surface area (Å²) in [5.74, 6) is 2.87. The lowest BCUT2D eigenvalue weighted by atomic mass is 10.3. The fourth-order valence-electron chi connectivity index (χ4n) is 2.56. The zero-order valence-corrected chi connectivity index (χ0v) is 14.7. The second-order valence-electron chi connectivity index (χ2n) is 5.75. The van der Waals surface area contributed by atoms with Gasteiger partial charge in [0.1, 0.15) is 5.82 Å². The van der Waals surface area contributed by atoms with Gasteiger partial charge in [0, 0.05) is 11.6 Å². The van der Waals surface area contributed by atoms with E-state index in [0.717, 1.165) is 21.0 Å². The molecular formula is C17H13N5OS2. The smallest absolute Gasteiger partial charge is 0.205 e. The molecule has 0 saturated heterocycles. The van der Waals surface area contributed by atoms with Gasteiger partial charge in [0.15, 0.2) is 10.1 Å². The zero-order chi connectivity index (χ0) is 16.6. The van der Waals surface area contributed by atoms with Crippen molar-refractivity contribution in [1.29, 1.82) is 0 Å². The molecule has 25 heavy (non-hydrogen) atoms. The topological polar surface area (TPSA) is 69.6 Å². The quantitative estimate of drug-likeness (QED) is 0.520. The molecule has 1 saturated carbocycles. The summed E-state index contributed by atoms with van der Waals surface area (Å²) in [5.41, 5.74) is 0.980. The molecule has 4 aromatic rings. The first-order valence-electron chi connectivity index (χ1n) is 7.94. The van der Waals surface area contributed by atoms with Crippen LogP contribution in [0.15, 0.2) is 62.6 Å². The molecule has 3 heterocycles. The summed E-state index contributed by atoms with van der Waals surface area (Å²) < 4.78 is 12.9. The van der Waals surface area contributed by atoms with Crippen LogP contribution in [-0.4, -0.2) is 24.1 Å². The van der Waals surface area contributed by atoms with Crippen molar-refractivity contribution in [2.45, 2.75) is 28.3 Å². The first-order valence-corrected chi connectivity index (χ1v) is 9.53. The van der Waals surface area contributed by atoms with Crippen molar-refractivity contribution in [2.24, 2.45) is 0 Å².